The standard InChI is InChI=1S/C19H39N/c1-5-9-11-16(15-20-19-12-13-19)14-18(8-4)17(7-3)10-6-2/h16-20H,5-15H2,1-4H3. The lowest BCUT2D eigenvalue weighted by Crippen LogP contribution is -2.28. The molecular formula is C19H39N. The maximum atomic E-state index is 3.78. The van der Waals surface area contributed by atoms with Gasteiger partial charge in [0.1, 0.15) is 0 Å². The van der Waals surface area contributed by atoms with Crippen LogP contribution in [0.25, 0.3) is 0 Å². The van der Waals surface area contributed by atoms with Crippen molar-refractivity contribution in [1.82, 2.24) is 5.32 Å². The summed E-state index contributed by atoms with van der Waals surface area (Å²) < 4.78 is 0. The molecule has 0 aromatic heterocycles. The van der Waals surface area contributed by atoms with Crippen LogP contribution in [0.15, 0.2) is 0 Å². The molecule has 20 heavy (non-hydrogen) atoms. The third kappa shape index (κ3) is 7.11. The van der Waals surface area contributed by atoms with E-state index in [-0.39, 0.29) is 0 Å². The molecule has 1 fully saturated rings. The number of hydrogen-bond donors (Lipinski definition) is 1. The second-order valence-electron chi connectivity index (χ2n) is 7.05. The second kappa shape index (κ2) is 10.7. The van der Waals surface area contributed by atoms with Crippen LogP contribution < -0.4 is 5.32 Å². The van der Waals surface area contributed by atoms with Crippen molar-refractivity contribution in [2.75, 3.05) is 6.54 Å². The minimum Gasteiger partial charge on any atom is -0.314 e. The molecular weight excluding hydrogens is 242 g/mol. The molecule has 1 aliphatic rings. The third-order valence-electron chi connectivity index (χ3n) is 5.25. The van der Waals surface area contributed by atoms with E-state index >= 15 is 0 Å². The summed E-state index contributed by atoms with van der Waals surface area (Å²) in [5.74, 6) is 2.85. The Bertz CT molecular complexity index is 222. The first kappa shape index (κ1) is 18.0. The molecule has 3 unspecified atom stereocenters. The summed E-state index contributed by atoms with van der Waals surface area (Å²) in [6.45, 7) is 10.8. The SMILES string of the molecule is CCCCC(CNC1CC1)CC(CC)C(CC)CCC. The van der Waals surface area contributed by atoms with Crippen LogP contribution in [0.1, 0.15) is 91.9 Å². The van der Waals surface area contributed by atoms with E-state index in [1.54, 1.807) is 0 Å². The lowest BCUT2D eigenvalue weighted by atomic mass is 9.78. The fourth-order valence-electron chi connectivity index (χ4n) is 3.68. The lowest BCUT2D eigenvalue weighted by Gasteiger charge is -2.29. The Kier molecular flexibility index (Phi) is 9.59. The molecule has 1 N–H and O–H groups in total. The van der Waals surface area contributed by atoms with Gasteiger partial charge >= 0.3 is 0 Å². The van der Waals surface area contributed by atoms with Gasteiger partial charge in [0.15, 0.2) is 0 Å². The van der Waals surface area contributed by atoms with Gasteiger partial charge in [-0.1, -0.05) is 66.2 Å². The summed E-state index contributed by atoms with van der Waals surface area (Å²) in [6, 6.07) is 0.872. The molecule has 0 saturated heterocycles. The summed E-state index contributed by atoms with van der Waals surface area (Å²) in [5.41, 5.74) is 0. The number of nitrogens with one attached hydrogen (secondary N) is 1. The topological polar surface area (TPSA) is 12.0 Å². The summed E-state index contributed by atoms with van der Waals surface area (Å²) in [5, 5.41) is 3.78. The Balaban J connectivity index is 2.43. The highest BCUT2D eigenvalue weighted by molar-refractivity contribution is 4.83. The zero-order chi connectivity index (χ0) is 14.8. The molecule has 1 heteroatoms. The van der Waals surface area contributed by atoms with E-state index in [1.807, 2.05) is 0 Å². The zero-order valence-electron chi connectivity index (χ0n) is 14.6. The minimum atomic E-state index is 0.872. The van der Waals surface area contributed by atoms with Crippen LogP contribution in [0, 0.1) is 17.8 Å². The normalized spacial score (nSPS) is 19.8. The molecule has 0 spiro atoms. The Morgan fingerprint density at radius 2 is 1.60 bits per heavy atom. The highest BCUT2D eigenvalue weighted by Crippen LogP contribution is 2.31. The molecule has 0 heterocycles. The predicted molar refractivity (Wildman–Crippen MR) is 91.1 cm³/mol. The van der Waals surface area contributed by atoms with E-state index < -0.39 is 0 Å². The van der Waals surface area contributed by atoms with Gasteiger partial charge in [0.2, 0.25) is 0 Å². The molecule has 1 saturated carbocycles. The van der Waals surface area contributed by atoms with Crippen molar-refractivity contribution < 1.29 is 0 Å². The van der Waals surface area contributed by atoms with Gasteiger partial charge in [-0.3, -0.25) is 0 Å². The molecule has 1 nitrogen and oxygen atoms in total. The van der Waals surface area contributed by atoms with Gasteiger partial charge in [-0.25, -0.2) is 0 Å². The van der Waals surface area contributed by atoms with Gasteiger partial charge in [0.25, 0.3) is 0 Å². The second-order valence-corrected chi connectivity index (χ2v) is 7.05. The maximum absolute atomic E-state index is 3.78. The van der Waals surface area contributed by atoms with Crippen LogP contribution in [0.3, 0.4) is 0 Å². The van der Waals surface area contributed by atoms with Crippen LogP contribution in [-0.2, 0) is 0 Å². The van der Waals surface area contributed by atoms with Gasteiger partial charge in [-0.15, -0.1) is 0 Å². The Hall–Kier alpha value is -0.0400. The Morgan fingerprint density at radius 1 is 0.900 bits per heavy atom. The average molecular weight is 282 g/mol. The van der Waals surface area contributed by atoms with Crippen molar-refractivity contribution in [1.29, 1.82) is 0 Å². The van der Waals surface area contributed by atoms with Crippen molar-refractivity contribution in [3.63, 3.8) is 0 Å². The van der Waals surface area contributed by atoms with Crippen LogP contribution in [0.4, 0.5) is 0 Å². The quantitative estimate of drug-likeness (QED) is 0.451. The summed E-state index contributed by atoms with van der Waals surface area (Å²) in [7, 11) is 0. The highest BCUT2D eigenvalue weighted by Gasteiger charge is 2.25. The molecule has 0 radical (unpaired) electrons. The van der Waals surface area contributed by atoms with E-state index in [0.29, 0.717) is 0 Å². The van der Waals surface area contributed by atoms with E-state index in [9.17, 15) is 0 Å². The molecule has 0 bridgehead atoms. The lowest BCUT2D eigenvalue weighted by molar-refractivity contribution is 0.227. The van der Waals surface area contributed by atoms with Crippen LogP contribution in [0.5, 0.6) is 0 Å². The zero-order valence-corrected chi connectivity index (χ0v) is 14.6. The molecule has 0 aromatic carbocycles. The third-order valence-corrected chi connectivity index (χ3v) is 5.25. The van der Waals surface area contributed by atoms with E-state index in [2.05, 4.69) is 33.0 Å². The Morgan fingerprint density at radius 3 is 2.10 bits per heavy atom. The summed E-state index contributed by atoms with van der Waals surface area (Å²) in [6.07, 6.45) is 14.1. The number of rotatable bonds is 13. The van der Waals surface area contributed by atoms with Crippen molar-refractivity contribution in [3.8, 4) is 0 Å². The van der Waals surface area contributed by atoms with Crippen molar-refractivity contribution >= 4 is 0 Å². The molecule has 0 aliphatic heterocycles. The molecule has 0 amide bonds. The smallest absolute Gasteiger partial charge is 0.00683 e. The van der Waals surface area contributed by atoms with Gasteiger partial charge in [0.05, 0.1) is 0 Å². The summed E-state index contributed by atoms with van der Waals surface area (Å²) >= 11 is 0. The van der Waals surface area contributed by atoms with Crippen LogP contribution >= 0.6 is 0 Å². The first-order chi connectivity index (χ1) is 9.74. The minimum absolute atomic E-state index is 0.872. The number of unbranched alkanes of at least 4 members (excludes halogenated alkanes) is 1. The highest BCUT2D eigenvalue weighted by atomic mass is 14.9. The van der Waals surface area contributed by atoms with Crippen molar-refractivity contribution in [2.45, 2.75) is 97.9 Å². The Labute approximate surface area is 128 Å². The fourth-order valence-corrected chi connectivity index (χ4v) is 3.68. The predicted octanol–water partition coefficient (Wildman–Crippen LogP) is 5.79. The first-order valence-electron chi connectivity index (χ1n) is 9.48. The molecule has 0 aromatic rings. The number of hydrogen-bond acceptors (Lipinski definition) is 1. The van der Waals surface area contributed by atoms with Gasteiger partial charge in [-0.2, -0.15) is 0 Å². The first-order valence-corrected chi connectivity index (χ1v) is 9.48. The van der Waals surface area contributed by atoms with Gasteiger partial charge in [-0.05, 0) is 50.0 Å². The van der Waals surface area contributed by atoms with Crippen molar-refractivity contribution in [2.24, 2.45) is 17.8 Å². The van der Waals surface area contributed by atoms with Crippen LogP contribution in [-0.4, -0.2) is 12.6 Å². The molecule has 1 rings (SSSR count). The fraction of sp³-hybridized carbons (Fsp3) is 1.00. The van der Waals surface area contributed by atoms with Crippen LogP contribution in [0.2, 0.25) is 0 Å². The van der Waals surface area contributed by atoms with Gasteiger partial charge < -0.3 is 5.32 Å². The van der Waals surface area contributed by atoms with E-state index in [1.165, 1.54) is 70.8 Å². The maximum Gasteiger partial charge on any atom is 0.00683 e. The monoisotopic (exact) mass is 281 g/mol. The average Bonchev–Trinajstić information content (AvgIpc) is 3.28. The van der Waals surface area contributed by atoms with Gasteiger partial charge in [0, 0.05) is 6.04 Å². The van der Waals surface area contributed by atoms with Crippen molar-refractivity contribution in [3.05, 3.63) is 0 Å². The van der Waals surface area contributed by atoms with E-state index in [0.717, 1.165) is 23.8 Å². The molecule has 1 aliphatic carbocycles. The largest absolute Gasteiger partial charge is 0.314 e. The van der Waals surface area contributed by atoms with E-state index in [4.69, 9.17) is 0 Å². The molecule has 120 valence electrons. The molecule has 3 atom stereocenters. The summed E-state index contributed by atoms with van der Waals surface area (Å²) in [4.78, 5) is 0.